The van der Waals surface area contributed by atoms with E-state index in [0.717, 1.165) is 6.42 Å². The van der Waals surface area contributed by atoms with Gasteiger partial charge in [0, 0.05) is 6.54 Å². The summed E-state index contributed by atoms with van der Waals surface area (Å²) in [5, 5.41) is 2.56. The van der Waals surface area contributed by atoms with Crippen molar-refractivity contribution < 1.29 is 4.79 Å². The lowest BCUT2D eigenvalue weighted by molar-refractivity contribution is -0.109. The van der Waals surface area contributed by atoms with Crippen LogP contribution in [0, 0.1) is 0 Å². The van der Waals surface area contributed by atoms with Crippen LogP contribution in [0.1, 0.15) is 26.2 Å². The Morgan fingerprint density at radius 2 is 2.20 bits per heavy atom. The van der Waals surface area contributed by atoms with Gasteiger partial charge in [-0.15, -0.1) is 0 Å². The highest BCUT2D eigenvalue weighted by molar-refractivity contribution is 5.46. The van der Waals surface area contributed by atoms with Crippen molar-refractivity contribution in [1.82, 2.24) is 5.32 Å². The maximum atomic E-state index is 9.75. The molecule has 0 aliphatic heterocycles. The monoisotopic (exact) mass is 141 g/mol. The predicted molar refractivity (Wildman–Crippen MR) is 42.7 cm³/mol. The summed E-state index contributed by atoms with van der Waals surface area (Å²) in [7, 11) is 0. The van der Waals surface area contributed by atoms with Crippen LogP contribution in [0.2, 0.25) is 0 Å². The zero-order chi connectivity index (χ0) is 7.66. The Morgan fingerprint density at radius 3 is 2.80 bits per heavy atom. The predicted octanol–water partition coefficient (Wildman–Crippen LogP) is 1.48. The van der Waals surface area contributed by atoms with E-state index >= 15 is 0 Å². The van der Waals surface area contributed by atoms with Crippen LogP contribution in [0.25, 0.3) is 0 Å². The second-order valence-corrected chi connectivity index (χ2v) is 2.14. The first-order valence-electron chi connectivity index (χ1n) is 3.73. The Bertz CT molecular complexity index is 99.4. The summed E-state index contributed by atoms with van der Waals surface area (Å²) in [6, 6.07) is 0. The average molecular weight is 141 g/mol. The number of nitrogens with one attached hydrogen (secondary N) is 1. The average Bonchev–Trinajstić information content (AvgIpc) is 1.97. The Balaban J connectivity index is 2.96. The Kier molecular flexibility index (Phi) is 7.56. The van der Waals surface area contributed by atoms with Gasteiger partial charge in [0.1, 0.15) is 0 Å². The molecule has 0 atom stereocenters. The van der Waals surface area contributed by atoms with E-state index < -0.39 is 0 Å². The molecule has 0 radical (unpaired) electrons. The van der Waals surface area contributed by atoms with Crippen molar-refractivity contribution >= 4 is 6.41 Å². The van der Waals surface area contributed by atoms with Gasteiger partial charge in [-0.3, -0.25) is 4.79 Å². The molecule has 0 heterocycles. The highest BCUT2D eigenvalue weighted by Gasteiger charge is 1.76. The highest BCUT2D eigenvalue weighted by Crippen LogP contribution is 1.93. The fourth-order valence-corrected chi connectivity index (χ4v) is 0.639. The first-order valence-corrected chi connectivity index (χ1v) is 3.73. The first-order chi connectivity index (χ1) is 4.91. The van der Waals surface area contributed by atoms with Gasteiger partial charge in [0.15, 0.2) is 0 Å². The van der Waals surface area contributed by atoms with Gasteiger partial charge in [-0.1, -0.05) is 31.9 Å². The topological polar surface area (TPSA) is 29.1 Å². The van der Waals surface area contributed by atoms with E-state index in [0.29, 0.717) is 13.0 Å². The van der Waals surface area contributed by atoms with Crippen molar-refractivity contribution in [3.05, 3.63) is 12.2 Å². The van der Waals surface area contributed by atoms with Crippen molar-refractivity contribution in [3.63, 3.8) is 0 Å². The summed E-state index contributed by atoms with van der Waals surface area (Å²) >= 11 is 0. The van der Waals surface area contributed by atoms with E-state index in [4.69, 9.17) is 0 Å². The summed E-state index contributed by atoms with van der Waals surface area (Å²) < 4.78 is 0. The molecule has 1 amide bonds. The molecule has 58 valence electrons. The lowest BCUT2D eigenvalue weighted by Crippen LogP contribution is -2.09. The van der Waals surface area contributed by atoms with Gasteiger partial charge in [0.25, 0.3) is 0 Å². The van der Waals surface area contributed by atoms with Crippen molar-refractivity contribution in [3.8, 4) is 0 Å². The zero-order valence-electron chi connectivity index (χ0n) is 6.47. The molecule has 0 aromatic rings. The third-order valence-corrected chi connectivity index (χ3v) is 1.21. The van der Waals surface area contributed by atoms with E-state index in [1.807, 2.05) is 6.08 Å². The summed E-state index contributed by atoms with van der Waals surface area (Å²) in [4.78, 5) is 9.75. The van der Waals surface area contributed by atoms with Crippen LogP contribution in [-0.4, -0.2) is 13.0 Å². The molecule has 0 unspecified atom stereocenters. The van der Waals surface area contributed by atoms with Crippen LogP contribution in [0.4, 0.5) is 0 Å². The van der Waals surface area contributed by atoms with Crippen molar-refractivity contribution in [1.29, 1.82) is 0 Å². The minimum Gasteiger partial charge on any atom is -0.355 e. The van der Waals surface area contributed by atoms with Crippen molar-refractivity contribution in [2.75, 3.05) is 6.54 Å². The fraction of sp³-hybridized carbons (Fsp3) is 0.625. The van der Waals surface area contributed by atoms with Crippen LogP contribution < -0.4 is 5.32 Å². The molecule has 0 aromatic carbocycles. The largest absolute Gasteiger partial charge is 0.355 e. The van der Waals surface area contributed by atoms with Crippen LogP contribution in [0.5, 0.6) is 0 Å². The SMILES string of the molecule is CCCCC=CCNC=O. The van der Waals surface area contributed by atoms with Gasteiger partial charge < -0.3 is 5.32 Å². The van der Waals surface area contributed by atoms with Gasteiger partial charge in [-0.25, -0.2) is 0 Å². The second-order valence-electron chi connectivity index (χ2n) is 2.14. The van der Waals surface area contributed by atoms with Crippen molar-refractivity contribution in [2.45, 2.75) is 26.2 Å². The highest BCUT2D eigenvalue weighted by atomic mass is 16.1. The molecule has 2 heteroatoms. The van der Waals surface area contributed by atoms with Gasteiger partial charge in [0.05, 0.1) is 0 Å². The maximum absolute atomic E-state index is 9.75. The number of unbranched alkanes of at least 4 members (excludes halogenated alkanes) is 2. The molecule has 2 nitrogen and oxygen atoms in total. The molecule has 0 aliphatic carbocycles. The van der Waals surface area contributed by atoms with Gasteiger partial charge >= 0.3 is 0 Å². The fourth-order valence-electron chi connectivity index (χ4n) is 0.639. The molecule has 0 saturated carbocycles. The lowest BCUT2D eigenvalue weighted by atomic mass is 10.2. The standard InChI is InChI=1S/C8H15NO/c1-2-3-4-5-6-7-9-8-10/h5-6,8H,2-4,7H2,1H3,(H,9,10). The molecule has 0 saturated heterocycles. The first kappa shape index (κ1) is 9.21. The summed E-state index contributed by atoms with van der Waals surface area (Å²) in [5.41, 5.74) is 0. The number of hydrogen-bond donors (Lipinski definition) is 1. The summed E-state index contributed by atoms with van der Waals surface area (Å²) in [6.07, 6.45) is 8.37. The van der Waals surface area contributed by atoms with E-state index in [2.05, 4.69) is 18.3 Å². The number of hydrogen-bond acceptors (Lipinski definition) is 1. The molecule has 1 N–H and O–H groups in total. The molecule has 10 heavy (non-hydrogen) atoms. The van der Waals surface area contributed by atoms with Gasteiger partial charge in [-0.2, -0.15) is 0 Å². The number of carbonyl (C=O) groups excluding carboxylic acids is 1. The smallest absolute Gasteiger partial charge is 0.207 e. The normalized spacial score (nSPS) is 10.1. The van der Waals surface area contributed by atoms with Crippen molar-refractivity contribution in [2.24, 2.45) is 0 Å². The van der Waals surface area contributed by atoms with Crippen LogP contribution in [0.15, 0.2) is 12.2 Å². The van der Waals surface area contributed by atoms with E-state index in [-0.39, 0.29) is 0 Å². The number of carbonyl (C=O) groups is 1. The van der Waals surface area contributed by atoms with Crippen LogP contribution in [0.3, 0.4) is 0 Å². The lowest BCUT2D eigenvalue weighted by Gasteiger charge is -1.89. The Morgan fingerprint density at radius 1 is 1.40 bits per heavy atom. The Labute approximate surface area is 62.3 Å². The minimum absolute atomic E-state index is 0.660. The van der Waals surface area contributed by atoms with E-state index in [9.17, 15) is 4.79 Å². The second kappa shape index (κ2) is 8.21. The third kappa shape index (κ3) is 7.21. The Hall–Kier alpha value is -0.790. The molecular formula is C8H15NO. The molecule has 0 aliphatic rings. The quantitative estimate of drug-likeness (QED) is 0.339. The van der Waals surface area contributed by atoms with E-state index in [1.165, 1.54) is 12.8 Å². The summed E-state index contributed by atoms with van der Waals surface area (Å²) in [5.74, 6) is 0. The molecule has 0 rings (SSSR count). The zero-order valence-corrected chi connectivity index (χ0v) is 6.47. The number of allylic oxidation sites excluding steroid dienone is 1. The molecule has 0 fully saturated rings. The van der Waals surface area contributed by atoms with Gasteiger partial charge in [0.2, 0.25) is 6.41 Å². The van der Waals surface area contributed by atoms with Crippen LogP contribution in [-0.2, 0) is 4.79 Å². The maximum Gasteiger partial charge on any atom is 0.207 e. The minimum atomic E-state index is 0.660. The molecular weight excluding hydrogens is 126 g/mol. The van der Waals surface area contributed by atoms with Gasteiger partial charge in [-0.05, 0) is 6.42 Å². The molecule has 0 bridgehead atoms. The molecule has 0 spiro atoms. The molecule has 0 aromatic heterocycles. The van der Waals surface area contributed by atoms with Crippen LogP contribution >= 0.6 is 0 Å². The third-order valence-electron chi connectivity index (χ3n) is 1.21. The number of rotatable bonds is 6. The number of amides is 1. The summed E-state index contributed by atoms with van der Waals surface area (Å²) in [6.45, 7) is 2.82. The van der Waals surface area contributed by atoms with E-state index in [1.54, 1.807) is 0 Å².